The molecule has 1 aliphatic rings. The number of halogens is 1. The summed E-state index contributed by atoms with van der Waals surface area (Å²) in [6.07, 6.45) is 3.20. The Labute approximate surface area is 121 Å². The average molecular weight is 325 g/mol. The van der Waals surface area contributed by atoms with Crippen molar-refractivity contribution in [3.63, 3.8) is 0 Å². The number of carbonyl (C=O) groups is 2. The zero-order valence-electron chi connectivity index (χ0n) is 10.9. The summed E-state index contributed by atoms with van der Waals surface area (Å²) in [5.41, 5.74) is 0.707. The first-order valence-corrected chi connectivity index (χ1v) is 7.27. The van der Waals surface area contributed by atoms with Gasteiger partial charge in [0.25, 0.3) is 0 Å². The lowest BCUT2D eigenvalue weighted by atomic mass is 9.89. The monoisotopic (exact) mass is 324 g/mol. The molecular formula is C15H17BrO3. The summed E-state index contributed by atoms with van der Waals surface area (Å²) in [6, 6.07) is 7.35. The average Bonchev–Trinajstić information content (AvgIpc) is 2.86. The molecule has 19 heavy (non-hydrogen) atoms. The first kappa shape index (κ1) is 14.3. The minimum absolute atomic E-state index is 0.105. The Bertz CT molecular complexity index is 467. The van der Waals surface area contributed by atoms with Crippen molar-refractivity contribution in [2.75, 3.05) is 7.11 Å². The van der Waals surface area contributed by atoms with Gasteiger partial charge in [-0.1, -0.05) is 34.5 Å². The fourth-order valence-corrected chi connectivity index (χ4v) is 3.00. The van der Waals surface area contributed by atoms with E-state index in [1.165, 1.54) is 7.11 Å². The molecule has 0 spiro atoms. The van der Waals surface area contributed by atoms with Crippen LogP contribution in [0.25, 0.3) is 0 Å². The molecule has 1 fully saturated rings. The topological polar surface area (TPSA) is 43.4 Å². The van der Waals surface area contributed by atoms with Crippen LogP contribution >= 0.6 is 15.9 Å². The number of methoxy groups -OCH3 is 1. The zero-order chi connectivity index (χ0) is 13.8. The number of rotatable bonds is 4. The Morgan fingerprint density at radius 3 is 2.58 bits per heavy atom. The van der Waals surface area contributed by atoms with Gasteiger partial charge >= 0.3 is 5.97 Å². The molecule has 3 nitrogen and oxygen atoms in total. The highest BCUT2D eigenvalue weighted by Crippen LogP contribution is 2.35. The van der Waals surface area contributed by atoms with E-state index in [-0.39, 0.29) is 23.6 Å². The third kappa shape index (κ3) is 3.44. The van der Waals surface area contributed by atoms with Gasteiger partial charge in [0.2, 0.25) is 0 Å². The van der Waals surface area contributed by atoms with Crippen LogP contribution in [-0.4, -0.2) is 18.9 Å². The van der Waals surface area contributed by atoms with E-state index in [0.717, 1.165) is 23.7 Å². The van der Waals surface area contributed by atoms with E-state index in [4.69, 9.17) is 4.74 Å². The molecule has 0 radical (unpaired) electrons. The van der Waals surface area contributed by atoms with E-state index >= 15 is 0 Å². The summed E-state index contributed by atoms with van der Waals surface area (Å²) < 4.78 is 5.77. The molecule has 0 bridgehead atoms. The molecule has 2 atom stereocenters. The van der Waals surface area contributed by atoms with Crippen LogP contribution < -0.4 is 0 Å². The van der Waals surface area contributed by atoms with Crippen LogP contribution in [0.3, 0.4) is 0 Å². The molecule has 1 aromatic rings. The van der Waals surface area contributed by atoms with Crippen LogP contribution in [0.15, 0.2) is 28.7 Å². The minimum Gasteiger partial charge on any atom is -0.469 e. The number of esters is 1. The standard InChI is InChI=1S/C15H17BrO3/c1-19-15(18)13-4-2-3-11(13)9-14(17)10-5-7-12(16)8-6-10/h5-8,11,13H,2-4,9H2,1H3/t11-,13+/m0/s1. The van der Waals surface area contributed by atoms with Gasteiger partial charge in [-0.05, 0) is 30.9 Å². The van der Waals surface area contributed by atoms with Crippen LogP contribution in [0.4, 0.5) is 0 Å². The predicted octanol–water partition coefficient (Wildman–Crippen LogP) is 3.61. The van der Waals surface area contributed by atoms with Crippen molar-refractivity contribution in [1.82, 2.24) is 0 Å². The molecule has 1 aliphatic carbocycles. The lowest BCUT2D eigenvalue weighted by Crippen LogP contribution is -2.22. The highest BCUT2D eigenvalue weighted by molar-refractivity contribution is 9.10. The van der Waals surface area contributed by atoms with Gasteiger partial charge in [0, 0.05) is 16.5 Å². The van der Waals surface area contributed by atoms with Gasteiger partial charge in [-0.25, -0.2) is 0 Å². The van der Waals surface area contributed by atoms with Crippen molar-refractivity contribution < 1.29 is 14.3 Å². The lowest BCUT2D eigenvalue weighted by molar-refractivity contribution is -0.146. The summed E-state index contributed by atoms with van der Waals surface area (Å²) in [5.74, 6) is -0.0487. The van der Waals surface area contributed by atoms with Crippen molar-refractivity contribution in [2.24, 2.45) is 11.8 Å². The van der Waals surface area contributed by atoms with Crippen molar-refractivity contribution in [3.05, 3.63) is 34.3 Å². The highest BCUT2D eigenvalue weighted by atomic mass is 79.9. The molecule has 0 saturated heterocycles. The van der Waals surface area contributed by atoms with Gasteiger partial charge in [0.1, 0.15) is 0 Å². The zero-order valence-corrected chi connectivity index (χ0v) is 12.5. The minimum atomic E-state index is -0.175. The normalized spacial score (nSPS) is 22.2. The maximum atomic E-state index is 12.2. The molecular weight excluding hydrogens is 308 g/mol. The van der Waals surface area contributed by atoms with Gasteiger partial charge in [-0.3, -0.25) is 9.59 Å². The van der Waals surface area contributed by atoms with E-state index < -0.39 is 0 Å². The Hall–Kier alpha value is -1.16. The molecule has 0 unspecified atom stereocenters. The molecule has 102 valence electrons. The number of benzene rings is 1. The fraction of sp³-hybridized carbons (Fsp3) is 0.467. The van der Waals surface area contributed by atoms with E-state index in [0.29, 0.717) is 12.0 Å². The smallest absolute Gasteiger partial charge is 0.308 e. The Balaban J connectivity index is 2.02. The van der Waals surface area contributed by atoms with Gasteiger partial charge in [-0.2, -0.15) is 0 Å². The number of ketones is 1. The third-order valence-electron chi connectivity index (χ3n) is 3.78. The molecule has 0 heterocycles. The van der Waals surface area contributed by atoms with Crippen molar-refractivity contribution in [3.8, 4) is 0 Å². The van der Waals surface area contributed by atoms with Crippen molar-refractivity contribution in [1.29, 1.82) is 0 Å². The van der Waals surface area contributed by atoms with Crippen LogP contribution in [0.1, 0.15) is 36.0 Å². The Morgan fingerprint density at radius 1 is 1.26 bits per heavy atom. The second-order valence-corrected chi connectivity index (χ2v) is 5.87. The van der Waals surface area contributed by atoms with Gasteiger partial charge in [-0.15, -0.1) is 0 Å². The molecule has 0 amide bonds. The largest absolute Gasteiger partial charge is 0.469 e. The SMILES string of the molecule is COC(=O)[C@@H]1CCC[C@H]1CC(=O)c1ccc(Br)cc1. The first-order valence-electron chi connectivity index (χ1n) is 6.48. The fourth-order valence-electron chi connectivity index (χ4n) is 2.73. The lowest BCUT2D eigenvalue weighted by Gasteiger charge is -2.16. The van der Waals surface area contributed by atoms with Crippen LogP contribution in [-0.2, 0) is 9.53 Å². The molecule has 0 aromatic heterocycles. The molecule has 2 rings (SSSR count). The second kappa shape index (κ2) is 6.33. The van der Waals surface area contributed by atoms with Crippen molar-refractivity contribution >= 4 is 27.7 Å². The van der Waals surface area contributed by atoms with Crippen LogP contribution in [0, 0.1) is 11.8 Å². The molecule has 0 N–H and O–H groups in total. The maximum absolute atomic E-state index is 12.2. The number of hydrogen-bond acceptors (Lipinski definition) is 3. The molecule has 1 saturated carbocycles. The van der Waals surface area contributed by atoms with E-state index in [1.807, 2.05) is 24.3 Å². The third-order valence-corrected chi connectivity index (χ3v) is 4.31. The maximum Gasteiger partial charge on any atom is 0.308 e. The summed E-state index contributed by atoms with van der Waals surface area (Å²) in [4.78, 5) is 23.8. The van der Waals surface area contributed by atoms with E-state index in [9.17, 15) is 9.59 Å². The van der Waals surface area contributed by atoms with Gasteiger partial charge in [0.15, 0.2) is 5.78 Å². The van der Waals surface area contributed by atoms with Gasteiger partial charge < -0.3 is 4.74 Å². The Morgan fingerprint density at radius 2 is 1.95 bits per heavy atom. The van der Waals surface area contributed by atoms with Crippen LogP contribution in [0.2, 0.25) is 0 Å². The summed E-state index contributed by atoms with van der Waals surface area (Å²) in [7, 11) is 1.41. The number of carbonyl (C=O) groups excluding carboxylic acids is 2. The predicted molar refractivity (Wildman–Crippen MR) is 75.9 cm³/mol. The number of ether oxygens (including phenoxy) is 1. The molecule has 1 aromatic carbocycles. The number of hydrogen-bond donors (Lipinski definition) is 0. The molecule has 0 aliphatic heterocycles. The molecule has 4 heteroatoms. The summed E-state index contributed by atoms with van der Waals surface area (Å²) in [6.45, 7) is 0. The van der Waals surface area contributed by atoms with Gasteiger partial charge in [0.05, 0.1) is 13.0 Å². The van der Waals surface area contributed by atoms with E-state index in [2.05, 4.69) is 15.9 Å². The Kier molecular flexibility index (Phi) is 4.75. The number of Topliss-reactive ketones (excluding diaryl/α,β-unsaturated/α-hetero) is 1. The van der Waals surface area contributed by atoms with Crippen molar-refractivity contribution in [2.45, 2.75) is 25.7 Å². The second-order valence-electron chi connectivity index (χ2n) is 4.95. The quantitative estimate of drug-likeness (QED) is 0.627. The van der Waals surface area contributed by atoms with Crippen LogP contribution in [0.5, 0.6) is 0 Å². The first-order chi connectivity index (χ1) is 9.11. The summed E-state index contributed by atoms with van der Waals surface area (Å²) >= 11 is 3.35. The summed E-state index contributed by atoms with van der Waals surface area (Å²) in [5, 5.41) is 0. The highest BCUT2D eigenvalue weighted by Gasteiger charge is 2.34. The van der Waals surface area contributed by atoms with E-state index in [1.54, 1.807) is 0 Å².